The molecule has 8 heteroatoms. The second kappa shape index (κ2) is 13.6. The molecule has 0 aromatic heterocycles. The van der Waals surface area contributed by atoms with Crippen LogP contribution in [0.15, 0.2) is 47.5 Å². The standard InChI is InChI=1S/C20H26ClN3O3.HI/c1-3-26-9-10-27-14-16-6-4-5-15(11-16)13-23-20(22)24-17-7-8-19(25-2)18(21)12-17;/h4-8,11-12H,3,9-10,13-14H2,1-2H3,(H3,22,23,24);1H. The molecule has 0 bridgehead atoms. The van der Waals surface area contributed by atoms with Crippen LogP contribution in [0.2, 0.25) is 5.02 Å². The summed E-state index contributed by atoms with van der Waals surface area (Å²) in [5.41, 5.74) is 8.86. The van der Waals surface area contributed by atoms with Gasteiger partial charge in [-0.25, -0.2) is 4.99 Å². The van der Waals surface area contributed by atoms with Crippen molar-refractivity contribution in [1.29, 1.82) is 0 Å². The highest BCUT2D eigenvalue weighted by atomic mass is 127. The van der Waals surface area contributed by atoms with Crippen LogP contribution >= 0.6 is 35.6 Å². The highest BCUT2D eigenvalue weighted by Crippen LogP contribution is 2.27. The lowest BCUT2D eigenvalue weighted by molar-refractivity contribution is 0.0453. The van der Waals surface area contributed by atoms with Crippen LogP contribution < -0.4 is 15.8 Å². The number of anilines is 1. The number of methoxy groups -OCH3 is 1. The van der Waals surface area contributed by atoms with E-state index in [0.29, 0.717) is 49.7 Å². The number of nitrogens with zero attached hydrogens (tertiary/aromatic N) is 1. The van der Waals surface area contributed by atoms with Crippen LogP contribution in [0.5, 0.6) is 5.75 Å². The molecule has 0 fully saturated rings. The lowest BCUT2D eigenvalue weighted by Crippen LogP contribution is -2.22. The van der Waals surface area contributed by atoms with Gasteiger partial charge in [-0.1, -0.05) is 35.9 Å². The predicted molar refractivity (Wildman–Crippen MR) is 125 cm³/mol. The Balaban J connectivity index is 0.00000392. The van der Waals surface area contributed by atoms with E-state index < -0.39 is 0 Å². The van der Waals surface area contributed by atoms with E-state index in [2.05, 4.69) is 16.4 Å². The Bertz CT molecular complexity index is 759. The monoisotopic (exact) mass is 519 g/mol. The molecule has 2 aromatic carbocycles. The molecule has 3 N–H and O–H groups in total. The molecule has 2 aromatic rings. The Morgan fingerprint density at radius 3 is 2.57 bits per heavy atom. The third-order valence-electron chi connectivity index (χ3n) is 3.69. The van der Waals surface area contributed by atoms with E-state index in [4.69, 9.17) is 31.5 Å². The van der Waals surface area contributed by atoms with E-state index in [1.165, 1.54) is 0 Å². The number of nitrogens with two attached hydrogens (primary N) is 1. The minimum atomic E-state index is 0. The summed E-state index contributed by atoms with van der Waals surface area (Å²) < 4.78 is 16.0. The summed E-state index contributed by atoms with van der Waals surface area (Å²) in [6.07, 6.45) is 0. The average Bonchev–Trinajstić information content (AvgIpc) is 2.67. The third kappa shape index (κ3) is 8.64. The van der Waals surface area contributed by atoms with Gasteiger partial charge >= 0.3 is 0 Å². The molecule has 28 heavy (non-hydrogen) atoms. The number of ether oxygens (including phenoxy) is 3. The Kier molecular flexibility index (Phi) is 11.9. The Morgan fingerprint density at radius 1 is 1.11 bits per heavy atom. The maximum atomic E-state index is 6.11. The number of benzene rings is 2. The van der Waals surface area contributed by atoms with Gasteiger partial charge in [0.05, 0.1) is 38.5 Å². The number of nitrogens with one attached hydrogen (secondary N) is 1. The van der Waals surface area contributed by atoms with Gasteiger partial charge in [-0.2, -0.15) is 0 Å². The molecule has 0 amide bonds. The molecule has 0 atom stereocenters. The van der Waals surface area contributed by atoms with E-state index in [1.807, 2.05) is 31.2 Å². The van der Waals surface area contributed by atoms with Crippen LogP contribution in [-0.4, -0.2) is 32.9 Å². The first-order valence-electron chi connectivity index (χ1n) is 8.76. The summed E-state index contributed by atoms with van der Waals surface area (Å²) in [5.74, 6) is 0.924. The van der Waals surface area contributed by atoms with Crippen molar-refractivity contribution in [2.24, 2.45) is 10.7 Å². The topological polar surface area (TPSA) is 78.1 Å². The van der Waals surface area contributed by atoms with Gasteiger partial charge in [0, 0.05) is 12.3 Å². The molecule has 0 aliphatic rings. The molecule has 0 radical (unpaired) electrons. The molecule has 0 saturated carbocycles. The Hall–Kier alpha value is -1.55. The number of guanidine groups is 1. The zero-order valence-corrected chi connectivity index (χ0v) is 19.2. The van der Waals surface area contributed by atoms with Crippen molar-refractivity contribution in [3.05, 3.63) is 58.6 Å². The summed E-state index contributed by atoms with van der Waals surface area (Å²) in [5, 5.41) is 3.53. The number of hydrogen-bond donors (Lipinski definition) is 2. The van der Waals surface area contributed by atoms with Gasteiger partial charge in [0.1, 0.15) is 5.75 Å². The van der Waals surface area contributed by atoms with Crippen molar-refractivity contribution < 1.29 is 14.2 Å². The molecule has 0 aliphatic carbocycles. The molecule has 2 rings (SSSR count). The van der Waals surface area contributed by atoms with Gasteiger partial charge < -0.3 is 25.3 Å². The van der Waals surface area contributed by atoms with E-state index in [0.717, 1.165) is 16.8 Å². The van der Waals surface area contributed by atoms with Gasteiger partial charge in [-0.3, -0.25) is 0 Å². The first-order chi connectivity index (χ1) is 13.1. The lowest BCUT2D eigenvalue weighted by atomic mass is 10.1. The van der Waals surface area contributed by atoms with Crippen molar-refractivity contribution in [1.82, 2.24) is 0 Å². The first kappa shape index (κ1) is 24.5. The fraction of sp³-hybridized carbons (Fsp3) is 0.350. The number of aliphatic imine (C=N–C) groups is 1. The van der Waals surface area contributed by atoms with Crippen molar-refractivity contribution in [2.75, 3.05) is 32.2 Å². The second-order valence-electron chi connectivity index (χ2n) is 5.75. The summed E-state index contributed by atoms with van der Waals surface area (Å²) in [4.78, 5) is 4.37. The molecular formula is C20H27ClIN3O3. The minimum Gasteiger partial charge on any atom is -0.495 e. The van der Waals surface area contributed by atoms with E-state index in [9.17, 15) is 0 Å². The highest BCUT2D eigenvalue weighted by Gasteiger charge is 2.03. The zero-order valence-electron chi connectivity index (χ0n) is 16.1. The molecule has 0 spiro atoms. The largest absolute Gasteiger partial charge is 0.495 e. The van der Waals surface area contributed by atoms with Crippen LogP contribution in [0.4, 0.5) is 5.69 Å². The molecule has 0 unspecified atom stereocenters. The molecule has 6 nitrogen and oxygen atoms in total. The van der Waals surface area contributed by atoms with E-state index in [-0.39, 0.29) is 24.0 Å². The average molecular weight is 520 g/mol. The molecular weight excluding hydrogens is 493 g/mol. The van der Waals surface area contributed by atoms with Crippen LogP contribution in [0.3, 0.4) is 0 Å². The summed E-state index contributed by atoms with van der Waals surface area (Å²) >= 11 is 6.11. The van der Waals surface area contributed by atoms with Crippen molar-refractivity contribution in [3.63, 3.8) is 0 Å². The van der Waals surface area contributed by atoms with Crippen LogP contribution in [0.1, 0.15) is 18.1 Å². The van der Waals surface area contributed by atoms with Crippen LogP contribution in [0, 0.1) is 0 Å². The predicted octanol–water partition coefficient (Wildman–Crippen LogP) is 4.45. The molecule has 0 aliphatic heterocycles. The Labute approximate surface area is 188 Å². The fourth-order valence-electron chi connectivity index (χ4n) is 2.38. The van der Waals surface area contributed by atoms with Gasteiger partial charge in [0.15, 0.2) is 5.96 Å². The quantitative estimate of drug-likeness (QED) is 0.210. The zero-order chi connectivity index (χ0) is 19.5. The summed E-state index contributed by atoms with van der Waals surface area (Å²) in [6, 6.07) is 13.4. The normalized spacial score (nSPS) is 11.0. The maximum Gasteiger partial charge on any atom is 0.193 e. The molecule has 0 heterocycles. The first-order valence-corrected chi connectivity index (χ1v) is 9.14. The van der Waals surface area contributed by atoms with E-state index in [1.54, 1.807) is 19.2 Å². The van der Waals surface area contributed by atoms with Crippen molar-refractivity contribution in [3.8, 4) is 5.75 Å². The van der Waals surface area contributed by atoms with Gasteiger partial charge in [0.2, 0.25) is 0 Å². The Morgan fingerprint density at radius 2 is 1.86 bits per heavy atom. The molecule has 154 valence electrons. The van der Waals surface area contributed by atoms with Crippen LogP contribution in [0.25, 0.3) is 0 Å². The summed E-state index contributed by atoms with van der Waals surface area (Å²) in [6.45, 7) is 4.87. The van der Waals surface area contributed by atoms with E-state index >= 15 is 0 Å². The lowest BCUT2D eigenvalue weighted by Gasteiger charge is -2.09. The second-order valence-corrected chi connectivity index (χ2v) is 6.15. The van der Waals surface area contributed by atoms with Gasteiger partial charge in [0.25, 0.3) is 0 Å². The number of rotatable bonds is 10. The van der Waals surface area contributed by atoms with Crippen LogP contribution in [-0.2, 0) is 22.6 Å². The highest BCUT2D eigenvalue weighted by molar-refractivity contribution is 14.0. The number of hydrogen-bond acceptors (Lipinski definition) is 4. The maximum absolute atomic E-state index is 6.11. The van der Waals surface area contributed by atoms with Crippen molar-refractivity contribution in [2.45, 2.75) is 20.1 Å². The van der Waals surface area contributed by atoms with Crippen molar-refractivity contribution >= 4 is 47.2 Å². The number of halogens is 2. The smallest absolute Gasteiger partial charge is 0.193 e. The fourth-order valence-corrected chi connectivity index (χ4v) is 2.64. The SMILES string of the molecule is CCOCCOCc1cccc(CN=C(N)Nc2ccc(OC)c(Cl)c2)c1.I. The summed E-state index contributed by atoms with van der Waals surface area (Å²) in [7, 11) is 1.57. The van der Waals surface area contributed by atoms with Gasteiger partial charge in [-0.15, -0.1) is 24.0 Å². The third-order valence-corrected chi connectivity index (χ3v) is 3.99. The van der Waals surface area contributed by atoms with Gasteiger partial charge in [-0.05, 0) is 36.2 Å². The minimum absolute atomic E-state index is 0. The molecule has 0 saturated heterocycles.